The Morgan fingerprint density at radius 3 is 1.83 bits per heavy atom. The molecular weight excluding hydrogens is 307 g/mol. The zero-order chi connectivity index (χ0) is 16.4. The average molecular weight is 330 g/mol. The van der Waals surface area contributed by atoms with E-state index in [2.05, 4.69) is 13.8 Å². The normalized spacial score (nSPS) is 22.1. The predicted octanol–water partition coefficient (Wildman–Crippen LogP) is 2.78. The van der Waals surface area contributed by atoms with Crippen molar-refractivity contribution < 1.29 is 14.4 Å². The van der Waals surface area contributed by atoms with E-state index in [4.69, 9.17) is 4.74 Å². The first-order chi connectivity index (χ1) is 11.1. The van der Waals surface area contributed by atoms with Crippen LogP contribution < -0.4 is 10.6 Å². The van der Waals surface area contributed by atoms with Crippen molar-refractivity contribution in [2.24, 2.45) is 5.92 Å². The molecule has 3 atom stereocenters. The van der Waals surface area contributed by atoms with Gasteiger partial charge >= 0.3 is 0 Å². The smallest absolute Gasteiger partial charge is 0.149 e. The van der Waals surface area contributed by atoms with Crippen LogP contribution in [0.15, 0.2) is 60.7 Å². The van der Waals surface area contributed by atoms with Crippen molar-refractivity contribution in [3.63, 3.8) is 0 Å². The topological polar surface area (TPSA) is 49.8 Å². The number of hydrogen-bond donors (Lipinski definition) is 1. The van der Waals surface area contributed by atoms with E-state index < -0.39 is 7.14 Å². The summed E-state index contributed by atoms with van der Waals surface area (Å²) in [7, 11) is -2.87. The summed E-state index contributed by atoms with van der Waals surface area (Å²) < 4.78 is 20.0. The molecule has 0 bridgehead atoms. The van der Waals surface area contributed by atoms with Gasteiger partial charge in [0.25, 0.3) is 0 Å². The van der Waals surface area contributed by atoms with E-state index in [9.17, 15) is 9.67 Å². The third kappa shape index (κ3) is 3.01. The largest absolute Gasteiger partial charge is 0.394 e. The Morgan fingerprint density at radius 1 is 1.00 bits per heavy atom. The Labute approximate surface area is 137 Å². The Kier molecular flexibility index (Phi) is 4.72. The predicted molar refractivity (Wildman–Crippen MR) is 94.1 cm³/mol. The second-order valence-corrected chi connectivity index (χ2v) is 9.33. The number of epoxide rings is 1. The maximum atomic E-state index is 14.3. The monoisotopic (exact) mass is 330 g/mol. The highest BCUT2D eigenvalue weighted by atomic mass is 31.2. The molecule has 1 N–H and O–H groups in total. The van der Waals surface area contributed by atoms with Gasteiger partial charge in [0.05, 0.1) is 18.4 Å². The minimum absolute atomic E-state index is 0.0164. The van der Waals surface area contributed by atoms with Gasteiger partial charge in [0.2, 0.25) is 0 Å². The van der Waals surface area contributed by atoms with Crippen LogP contribution in [0.1, 0.15) is 13.8 Å². The van der Waals surface area contributed by atoms with Gasteiger partial charge in [-0.3, -0.25) is 0 Å². The summed E-state index contributed by atoms with van der Waals surface area (Å²) in [4.78, 5) is 0. The highest BCUT2D eigenvalue weighted by Crippen LogP contribution is 2.56. The molecule has 0 saturated carbocycles. The molecule has 1 heterocycles. The molecule has 0 radical (unpaired) electrons. The highest BCUT2D eigenvalue weighted by molar-refractivity contribution is 7.79. The van der Waals surface area contributed by atoms with Crippen molar-refractivity contribution in [1.29, 1.82) is 0 Å². The number of aliphatic hydroxyl groups is 1. The van der Waals surface area contributed by atoms with Crippen molar-refractivity contribution in [2.75, 3.05) is 6.61 Å². The van der Waals surface area contributed by atoms with Gasteiger partial charge in [-0.2, -0.15) is 0 Å². The van der Waals surface area contributed by atoms with E-state index in [0.29, 0.717) is 0 Å². The number of benzene rings is 2. The van der Waals surface area contributed by atoms with Crippen LogP contribution in [0.2, 0.25) is 0 Å². The summed E-state index contributed by atoms with van der Waals surface area (Å²) in [6.45, 7) is 4.15. The van der Waals surface area contributed by atoms with Gasteiger partial charge in [-0.05, 0) is 5.92 Å². The number of rotatable bonds is 6. The van der Waals surface area contributed by atoms with E-state index in [1.807, 2.05) is 60.7 Å². The first kappa shape index (κ1) is 16.4. The second kappa shape index (κ2) is 6.60. The van der Waals surface area contributed by atoms with Crippen molar-refractivity contribution in [1.82, 2.24) is 0 Å². The molecule has 1 fully saturated rings. The van der Waals surface area contributed by atoms with E-state index >= 15 is 0 Å². The second-order valence-electron chi connectivity index (χ2n) is 6.39. The van der Waals surface area contributed by atoms with Gasteiger partial charge in [0, 0.05) is 10.6 Å². The van der Waals surface area contributed by atoms with Crippen LogP contribution in [-0.4, -0.2) is 29.6 Å². The standard InChI is InChI=1S/C19H23O3P/c1-14(2)19(18-17(13-20)22-18)23(21,15-9-5-3-6-10-15)16-11-7-4-8-12-16/h3-12,14,17-20H,13H2,1-2H3/t17-,18+,19+/m1/s1. The molecule has 3 nitrogen and oxygen atoms in total. The lowest BCUT2D eigenvalue weighted by Gasteiger charge is -2.30. The van der Waals surface area contributed by atoms with Crippen molar-refractivity contribution >= 4 is 17.8 Å². The fourth-order valence-corrected chi connectivity index (χ4v) is 7.13. The Balaban J connectivity index is 2.14. The van der Waals surface area contributed by atoms with E-state index in [-0.39, 0.29) is 30.4 Å². The van der Waals surface area contributed by atoms with Crippen LogP contribution >= 0.6 is 7.14 Å². The molecule has 0 aliphatic carbocycles. The number of ether oxygens (including phenoxy) is 1. The maximum Gasteiger partial charge on any atom is 0.149 e. The molecule has 4 heteroatoms. The fourth-order valence-electron chi connectivity index (χ4n) is 3.40. The molecule has 23 heavy (non-hydrogen) atoms. The SMILES string of the molecule is CC(C)[C@@H]([C@H]1O[C@@H]1CO)P(=O)(c1ccccc1)c1ccccc1. The van der Waals surface area contributed by atoms with Crippen LogP contribution in [0.4, 0.5) is 0 Å². The molecule has 3 rings (SSSR count). The van der Waals surface area contributed by atoms with Gasteiger partial charge in [0.15, 0.2) is 0 Å². The summed E-state index contributed by atoms with van der Waals surface area (Å²) in [6, 6.07) is 19.4. The first-order valence-electron chi connectivity index (χ1n) is 8.06. The summed E-state index contributed by atoms with van der Waals surface area (Å²) in [5, 5.41) is 11.1. The molecule has 0 amide bonds. The molecule has 122 valence electrons. The maximum absolute atomic E-state index is 14.3. The molecule has 0 unspecified atom stereocenters. The quantitative estimate of drug-likeness (QED) is 0.654. The summed E-state index contributed by atoms with van der Waals surface area (Å²) in [5.41, 5.74) is -0.135. The lowest BCUT2D eigenvalue weighted by atomic mass is 10.1. The van der Waals surface area contributed by atoms with E-state index in [1.165, 1.54) is 0 Å². The van der Waals surface area contributed by atoms with E-state index in [0.717, 1.165) is 10.6 Å². The average Bonchev–Trinajstić information content (AvgIpc) is 3.35. The van der Waals surface area contributed by atoms with Crippen LogP contribution in [0.5, 0.6) is 0 Å². The van der Waals surface area contributed by atoms with Crippen LogP contribution in [0.3, 0.4) is 0 Å². The minimum Gasteiger partial charge on any atom is -0.394 e. The minimum atomic E-state index is -2.87. The van der Waals surface area contributed by atoms with Crippen molar-refractivity contribution in [3.05, 3.63) is 60.7 Å². The molecule has 2 aromatic carbocycles. The Morgan fingerprint density at radius 2 is 1.48 bits per heavy atom. The van der Waals surface area contributed by atoms with Gasteiger partial charge in [-0.15, -0.1) is 0 Å². The van der Waals surface area contributed by atoms with Gasteiger partial charge in [-0.1, -0.05) is 74.5 Å². The van der Waals surface area contributed by atoms with Crippen LogP contribution in [0, 0.1) is 5.92 Å². The van der Waals surface area contributed by atoms with Crippen molar-refractivity contribution in [3.8, 4) is 0 Å². The van der Waals surface area contributed by atoms with Gasteiger partial charge in [0.1, 0.15) is 13.2 Å². The highest BCUT2D eigenvalue weighted by Gasteiger charge is 2.54. The molecular formula is C19H23O3P. The molecule has 2 aromatic rings. The van der Waals surface area contributed by atoms with Crippen molar-refractivity contribution in [2.45, 2.75) is 31.7 Å². The molecule has 1 aliphatic rings. The van der Waals surface area contributed by atoms with Crippen LogP contribution in [0.25, 0.3) is 0 Å². The Bertz CT molecular complexity index is 641. The molecule has 1 saturated heterocycles. The lowest BCUT2D eigenvalue weighted by Crippen LogP contribution is -2.34. The summed E-state index contributed by atoms with van der Waals surface area (Å²) in [5.74, 6) is 0.183. The fraction of sp³-hybridized carbons (Fsp3) is 0.368. The third-order valence-corrected chi connectivity index (χ3v) is 8.38. The van der Waals surface area contributed by atoms with Gasteiger partial charge < -0.3 is 14.4 Å². The molecule has 0 spiro atoms. The number of hydrogen-bond acceptors (Lipinski definition) is 3. The first-order valence-corrected chi connectivity index (χ1v) is 9.84. The Hall–Kier alpha value is -1.41. The summed E-state index contributed by atoms with van der Waals surface area (Å²) in [6.07, 6.45) is -0.339. The zero-order valence-corrected chi connectivity index (χ0v) is 14.4. The molecule has 1 aliphatic heterocycles. The lowest BCUT2D eigenvalue weighted by molar-refractivity contribution is 0.241. The van der Waals surface area contributed by atoms with E-state index in [1.54, 1.807) is 0 Å². The van der Waals surface area contributed by atoms with Gasteiger partial charge in [-0.25, -0.2) is 0 Å². The molecule has 0 aromatic heterocycles. The third-order valence-electron chi connectivity index (χ3n) is 4.52. The number of aliphatic hydroxyl groups excluding tert-OH is 1. The summed E-state index contributed by atoms with van der Waals surface area (Å²) >= 11 is 0. The van der Waals surface area contributed by atoms with Crippen LogP contribution in [-0.2, 0) is 9.30 Å². The zero-order valence-electron chi connectivity index (χ0n) is 13.5.